The lowest BCUT2D eigenvalue weighted by Gasteiger charge is -2.22. The molecule has 1 N–H and O–H groups in total. The molecule has 0 radical (unpaired) electrons. The van der Waals surface area contributed by atoms with Gasteiger partial charge in [0.05, 0.1) is 5.56 Å². The summed E-state index contributed by atoms with van der Waals surface area (Å²) >= 11 is 0. The summed E-state index contributed by atoms with van der Waals surface area (Å²) in [6.07, 6.45) is 4.54. The Hall–Kier alpha value is -1.42. The van der Waals surface area contributed by atoms with Crippen LogP contribution in [0, 0.1) is 5.82 Å². The third-order valence-electron chi connectivity index (χ3n) is 3.53. The number of hydrogen-bond acceptors (Lipinski definition) is 2. The van der Waals surface area contributed by atoms with Crippen LogP contribution in [0.25, 0.3) is 0 Å². The molecule has 0 saturated heterocycles. The highest BCUT2D eigenvalue weighted by Gasteiger charge is 2.29. The molecule has 1 aliphatic rings. The van der Waals surface area contributed by atoms with Crippen LogP contribution in [0.2, 0.25) is 0 Å². The molecule has 0 unspecified atom stereocenters. The van der Waals surface area contributed by atoms with Crippen molar-refractivity contribution in [2.45, 2.75) is 45.2 Å². The third-order valence-corrected chi connectivity index (χ3v) is 3.53. The van der Waals surface area contributed by atoms with E-state index in [2.05, 4.69) is 11.8 Å². The Bertz CT molecular complexity index is 457. The van der Waals surface area contributed by atoms with E-state index in [-0.39, 0.29) is 11.4 Å². The molecule has 1 saturated carbocycles. The number of carbonyl (C=O) groups is 1. The quantitative estimate of drug-likeness (QED) is 0.822. The molecular formula is C15H20FNO2. The fraction of sp³-hybridized carbons (Fsp3) is 0.533. The maximum absolute atomic E-state index is 13.3. The summed E-state index contributed by atoms with van der Waals surface area (Å²) in [6, 6.07) is 4.47. The largest absolute Gasteiger partial charge is 0.478 e. The topological polar surface area (TPSA) is 40.5 Å². The van der Waals surface area contributed by atoms with E-state index in [1.165, 1.54) is 31.0 Å². The predicted octanol–water partition coefficient (Wildman–Crippen LogP) is 3.29. The molecule has 1 aromatic rings. The Morgan fingerprint density at radius 2 is 2.21 bits per heavy atom. The van der Waals surface area contributed by atoms with Gasteiger partial charge in [-0.2, -0.15) is 0 Å². The second kappa shape index (κ2) is 6.15. The van der Waals surface area contributed by atoms with Crippen molar-refractivity contribution in [3.05, 3.63) is 35.1 Å². The molecule has 1 fully saturated rings. The first-order valence-electron chi connectivity index (χ1n) is 6.87. The van der Waals surface area contributed by atoms with Gasteiger partial charge < -0.3 is 5.11 Å². The van der Waals surface area contributed by atoms with E-state index in [1.54, 1.807) is 0 Å². The number of benzene rings is 1. The first-order chi connectivity index (χ1) is 9.11. The number of hydrogen-bond donors (Lipinski definition) is 1. The van der Waals surface area contributed by atoms with E-state index in [1.807, 2.05) is 0 Å². The molecule has 19 heavy (non-hydrogen) atoms. The number of aromatic carboxylic acids is 1. The molecule has 1 aliphatic carbocycles. The van der Waals surface area contributed by atoms with Gasteiger partial charge in [-0.25, -0.2) is 9.18 Å². The van der Waals surface area contributed by atoms with Crippen LogP contribution in [0.3, 0.4) is 0 Å². The van der Waals surface area contributed by atoms with E-state index < -0.39 is 5.97 Å². The van der Waals surface area contributed by atoms with Crippen LogP contribution < -0.4 is 0 Å². The van der Waals surface area contributed by atoms with Gasteiger partial charge in [-0.3, -0.25) is 4.90 Å². The molecule has 4 heteroatoms. The van der Waals surface area contributed by atoms with E-state index in [0.717, 1.165) is 19.4 Å². The Labute approximate surface area is 113 Å². The van der Waals surface area contributed by atoms with Crippen molar-refractivity contribution in [1.82, 2.24) is 4.90 Å². The van der Waals surface area contributed by atoms with Crippen molar-refractivity contribution >= 4 is 5.97 Å². The summed E-state index contributed by atoms with van der Waals surface area (Å²) in [4.78, 5) is 13.5. The van der Waals surface area contributed by atoms with E-state index in [0.29, 0.717) is 18.2 Å². The van der Waals surface area contributed by atoms with Crippen LogP contribution >= 0.6 is 0 Å². The van der Waals surface area contributed by atoms with Gasteiger partial charge in [0.25, 0.3) is 0 Å². The third kappa shape index (κ3) is 3.77. The van der Waals surface area contributed by atoms with Gasteiger partial charge in [0.15, 0.2) is 0 Å². The molecular weight excluding hydrogens is 245 g/mol. The Balaban J connectivity index is 2.15. The van der Waals surface area contributed by atoms with Crippen molar-refractivity contribution < 1.29 is 14.3 Å². The summed E-state index contributed by atoms with van der Waals surface area (Å²) in [5.74, 6) is -1.35. The molecule has 0 aromatic heterocycles. The fourth-order valence-electron chi connectivity index (χ4n) is 2.31. The summed E-state index contributed by atoms with van der Waals surface area (Å²) in [7, 11) is 0. The molecule has 2 rings (SSSR count). The summed E-state index contributed by atoms with van der Waals surface area (Å²) in [5, 5.41) is 9.16. The molecule has 0 heterocycles. The second-order valence-electron chi connectivity index (χ2n) is 5.16. The van der Waals surface area contributed by atoms with Crippen molar-refractivity contribution in [1.29, 1.82) is 0 Å². The average molecular weight is 265 g/mol. The molecule has 0 atom stereocenters. The lowest BCUT2D eigenvalue weighted by atomic mass is 10.1. The Kier molecular flexibility index (Phi) is 4.53. The summed E-state index contributed by atoms with van der Waals surface area (Å²) in [5.41, 5.74) is 0.791. The van der Waals surface area contributed by atoms with Crippen LogP contribution in [-0.2, 0) is 6.54 Å². The van der Waals surface area contributed by atoms with Crippen LogP contribution in [0.1, 0.15) is 48.5 Å². The average Bonchev–Trinajstić information content (AvgIpc) is 3.18. The van der Waals surface area contributed by atoms with E-state index in [4.69, 9.17) is 5.11 Å². The number of halogens is 1. The number of rotatable bonds is 7. The zero-order valence-corrected chi connectivity index (χ0v) is 11.2. The van der Waals surface area contributed by atoms with E-state index >= 15 is 0 Å². The number of carboxylic acids is 1. The maximum atomic E-state index is 13.3. The highest BCUT2D eigenvalue weighted by molar-refractivity contribution is 5.89. The van der Waals surface area contributed by atoms with Crippen molar-refractivity contribution in [3.8, 4) is 0 Å². The second-order valence-corrected chi connectivity index (χ2v) is 5.16. The van der Waals surface area contributed by atoms with Gasteiger partial charge >= 0.3 is 5.97 Å². The van der Waals surface area contributed by atoms with Crippen LogP contribution in [0.4, 0.5) is 4.39 Å². The first kappa shape index (κ1) is 14.0. The molecule has 0 spiro atoms. The van der Waals surface area contributed by atoms with Gasteiger partial charge in [0.1, 0.15) is 5.82 Å². The molecule has 0 amide bonds. The molecule has 0 aliphatic heterocycles. The summed E-state index contributed by atoms with van der Waals surface area (Å²) in [6.45, 7) is 3.62. The highest BCUT2D eigenvalue weighted by atomic mass is 19.1. The highest BCUT2D eigenvalue weighted by Crippen LogP contribution is 2.29. The lowest BCUT2D eigenvalue weighted by molar-refractivity contribution is 0.0694. The van der Waals surface area contributed by atoms with Crippen molar-refractivity contribution in [2.24, 2.45) is 0 Å². The van der Waals surface area contributed by atoms with Gasteiger partial charge in [-0.1, -0.05) is 13.3 Å². The molecule has 1 aromatic carbocycles. The van der Waals surface area contributed by atoms with Gasteiger partial charge in [0, 0.05) is 12.6 Å². The monoisotopic (exact) mass is 265 g/mol. The van der Waals surface area contributed by atoms with Crippen LogP contribution in [0.5, 0.6) is 0 Å². The van der Waals surface area contributed by atoms with E-state index in [9.17, 15) is 9.18 Å². The molecule has 0 bridgehead atoms. The SMILES string of the molecule is CCCCN(Cc1cc(F)ccc1C(=O)O)C1CC1. The van der Waals surface area contributed by atoms with Gasteiger partial charge in [-0.15, -0.1) is 0 Å². The van der Waals surface area contributed by atoms with Crippen molar-refractivity contribution in [2.75, 3.05) is 6.54 Å². The maximum Gasteiger partial charge on any atom is 0.336 e. The van der Waals surface area contributed by atoms with Gasteiger partial charge in [-0.05, 0) is 49.6 Å². The zero-order valence-electron chi connectivity index (χ0n) is 11.2. The first-order valence-corrected chi connectivity index (χ1v) is 6.87. The van der Waals surface area contributed by atoms with Crippen LogP contribution in [-0.4, -0.2) is 28.6 Å². The number of carboxylic acid groups (broad SMARTS) is 1. The van der Waals surface area contributed by atoms with Crippen LogP contribution in [0.15, 0.2) is 18.2 Å². The normalized spacial score (nSPS) is 14.9. The minimum atomic E-state index is -0.985. The summed E-state index contributed by atoms with van der Waals surface area (Å²) < 4.78 is 13.3. The Morgan fingerprint density at radius 1 is 1.47 bits per heavy atom. The lowest BCUT2D eigenvalue weighted by Crippen LogP contribution is -2.27. The minimum Gasteiger partial charge on any atom is -0.478 e. The number of unbranched alkanes of at least 4 members (excludes halogenated alkanes) is 1. The standard InChI is InChI=1S/C15H20FNO2/c1-2-3-8-17(13-5-6-13)10-11-9-12(16)4-7-14(11)15(18)19/h4,7,9,13H,2-3,5-6,8,10H2,1H3,(H,18,19). The smallest absolute Gasteiger partial charge is 0.336 e. The van der Waals surface area contributed by atoms with Crippen molar-refractivity contribution in [3.63, 3.8) is 0 Å². The fourth-order valence-corrected chi connectivity index (χ4v) is 2.31. The predicted molar refractivity (Wildman–Crippen MR) is 71.7 cm³/mol. The zero-order chi connectivity index (χ0) is 13.8. The Morgan fingerprint density at radius 3 is 2.79 bits per heavy atom. The number of nitrogens with zero attached hydrogens (tertiary/aromatic N) is 1. The molecule has 3 nitrogen and oxygen atoms in total. The molecule has 104 valence electrons. The minimum absolute atomic E-state index is 0.212. The van der Waals surface area contributed by atoms with Gasteiger partial charge in [0.2, 0.25) is 0 Å².